The Hall–Kier alpha value is -8.60. The van der Waals surface area contributed by atoms with Gasteiger partial charge in [0.05, 0.1) is 33.6 Å². The molecule has 0 saturated heterocycles. The third kappa shape index (κ3) is 7.45. The van der Waals surface area contributed by atoms with E-state index < -0.39 is 5.41 Å². The Kier molecular flexibility index (Phi) is 10.8. The summed E-state index contributed by atoms with van der Waals surface area (Å²) in [5.74, 6) is 0.724. The summed E-state index contributed by atoms with van der Waals surface area (Å²) in [6.07, 6.45) is 14.2. The summed E-state index contributed by atoms with van der Waals surface area (Å²) in [6, 6.07) is 74.8. The number of fused-ring (bicyclic) bond motifs is 6. The van der Waals surface area contributed by atoms with E-state index in [1.54, 1.807) is 0 Å². The zero-order valence-electron chi connectivity index (χ0n) is 40.8. The van der Waals surface area contributed by atoms with Crippen LogP contribution in [0.15, 0.2) is 246 Å². The molecule has 4 heteroatoms. The highest BCUT2D eigenvalue weighted by Gasteiger charge is 2.36. The quantitative estimate of drug-likeness (QED) is 0.138. The molecule has 0 amide bonds. The van der Waals surface area contributed by atoms with Crippen molar-refractivity contribution in [3.8, 4) is 27.9 Å². The summed E-state index contributed by atoms with van der Waals surface area (Å²) in [5.41, 5.74) is 20.7. The fraction of sp³-hybridized carbons (Fsp3) is 0.118. The van der Waals surface area contributed by atoms with Crippen molar-refractivity contribution >= 4 is 61.6 Å². The molecular formula is C68H54N4. The molecule has 0 fully saturated rings. The summed E-state index contributed by atoms with van der Waals surface area (Å²) in [6.45, 7) is 4.70. The van der Waals surface area contributed by atoms with Crippen molar-refractivity contribution in [2.75, 3.05) is 0 Å². The van der Waals surface area contributed by atoms with Gasteiger partial charge in [0, 0.05) is 56.1 Å². The highest BCUT2D eigenvalue weighted by Crippen LogP contribution is 2.49. The van der Waals surface area contributed by atoms with Gasteiger partial charge >= 0.3 is 0 Å². The Morgan fingerprint density at radius 2 is 1.12 bits per heavy atom. The van der Waals surface area contributed by atoms with Gasteiger partial charge in [-0.25, -0.2) is 9.98 Å². The van der Waals surface area contributed by atoms with Crippen LogP contribution < -0.4 is 0 Å². The molecule has 0 saturated carbocycles. The molecule has 8 aromatic carbocycles. The average molecular weight is 927 g/mol. The molecule has 2 aromatic heterocycles. The topological polar surface area (TPSA) is 34.6 Å². The molecule has 3 aliphatic rings. The molecule has 1 unspecified atom stereocenters. The number of aryl methyl sites for hydroxylation is 1. The monoisotopic (exact) mass is 926 g/mol. The van der Waals surface area contributed by atoms with Crippen molar-refractivity contribution in [3.63, 3.8) is 0 Å². The maximum Gasteiger partial charge on any atom is 0.159 e. The molecule has 3 heterocycles. The molecule has 0 bridgehead atoms. The molecule has 72 heavy (non-hydrogen) atoms. The number of amidine groups is 1. The largest absolute Gasteiger partial charge is 0.309 e. The van der Waals surface area contributed by atoms with Gasteiger partial charge in [-0.15, -0.1) is 0 Å². The van der Waals surface area contributed by atoms with E-state index in [1.165, 1.54) is 66.5 Å². The summed E-state index contributed by atoms with van der Waals surface area (Å²) >= 11 is 0. The van der Waals surface area contributed by atoms with Gasteiger partial charge in [0.1, 0.15) is 0 Å². The molecule has 2 aliphatic carbocycles. The van der Waals surface area contributed by atoms with Crippen LogP contribution in [0.3, 0.4) is 0 Å². The first kappa shape index (κ1) is 43.4. The second kappa shape index (κ2) is 18.0. The van der Waals surface area contributed by atoms with Crippen molar-refractivity contribution < 1.29 is 0 Å². The lowest BCUT2D eigenvalue weighted by molar-refractivity contribution is 0.505. The average Bonchev–Trinajstić information content (AvgIpc) is 3.87. The number of rotatable bonds is 9. The Labute approximate surface area is 421 Å². The standard InChI is InChI=1S/C68H54N4/c1-3-46-43-59(49-26-11-6-12-27-49)69-67(52-38-39-53(48-24-9-5-10-25-48)65(44-52)72-62-36-19-15-32-56(62)57-33-16-20-37-63(57)72)70-66(46)68(2)41-40-64(71-60-34-17-13-30-54(60)55-31-14-18-35-61(55)71)58(45-68)51-29-21-28-50(42-51)47-22-7-4-8-23-47/h4-13,15-30,32-40,42,44-45H,3,14,31,41,43H2,1-2H3. The van der Waals surface area contributed by atoms with Crippen LogP contribution in [0.2, 0.25) is 0 Å². The Morgan fingerprint density at radius 3 is 1.82 bits per heavy atom. The molecular weight excluding hydrogens is 873 g/mol. The van der Waals surface area contributed by atoms with E-state index in [-0.39, 0.29) is 0 Å². The van der Waals surface area contributed by atoms with E-state index in [2.05, 4.69) is 254 Å². The minimum atomic E-state index is -0.488. The first-order valence-corrected chi connectivity index (χ1v) is 25.5. The van der Waals surface area contributed by atoms with Gasteiger partial charge in [0.2, 0.25) is 0 Å². The van der Waals surface area contributed by atoms with Gasteiger partial charge in [0.15, 0.2) is 5.84 Å². The minimum Gasteiger partial charge on any atom is -0.309 e. The van der Waals surface area contributed by atoms with Crippen LogP contribution >= 0.6 is 0 Å². The number of hydrogen-bond donors (Lipinski definition) is 0. The summed E-state index contributed by atoms with van der Waals surface area (Å²) in [5, 5.41) is 3.79. The predicted molar refractivity (Wildman–Crippen MR) is 304 cm³/mol. The number of benzene rings is 8. The second-order valence-corrected chi connectivity index (χ2v) is 19.7. The van der Waals surface area contributed by atoms with Gasteiger partial charge in [-0.1, -0.05) is 208 Å². The smallest absolute Gasteiger partial charge is 0.159 e. The number of aliphatic imine (C=N–C) groups is 2. The van der Waals surface area contributed by atoms with Crippen molar-refractivity contribution in [1.29, 1.82) is 0 Å². The maximum absolute atomic E-state index is 5.93. The van der Waals surface area contributed by atoms with Crippen molar-refractivity contribution in [2.24, 2.45) is 15.4 Å². The van der Waals surface area contributed by atoms with Crippen LogP contribution in [0.5, 0.6) is 0 Å². The Morgan fingerprint density at radius 1 is 0.528 bits per heavy atom. The zero-order chi connectivity index (χ0) is 48.2. The first-order chi connectivity index (χ1) is 35.5. The highest BCUT2D eigenvalue weighted by atomic mass is 15.0. The lowest BCUT2D eigenvalue weighted by Crippen LogP contribution is -2.22. The SMILES string of the molecule is CCC1=C(C2(C)C=C(c3cccc(-c4ccccc4)c3)C(n3c4c(c5ccccc53)CCC=C4)=CC2)N=C(c2ccc(-c3ccccc3)c(-n3c4ccccc4c4ccccc43)c2)N=C(c2ccccc2)C1. The van der Waals surface area contributed by atoms with E-state index in [0.29, 0.717) is 6.42 Å². The van der Waals surface area contributed by atoms with Crippen LogP contribution in [-0.2, 0) is 6.42 Å². The van der Waals surface area contributed by atoms with Gasteiger partial charge in [-0.05, 0) is 101 Å². The molecule has 4 nitrogen and oxygen atoms in total. The fourth-order valence-electron chi connectivity index (χ4n) is 11.7. The molecule has 10 aromatic rings. The van der Waals surface area contributed by atoms with Gasteiger partial charge < -0.3 is 9.13 Å². The molecule has 0 radical (unpaired) electrons. The second-order valence-electron chi connectivity index (χ2n) is 19.7. The van der Waals surface area contributed by atoms with E-state index >= 15 is 0 Å². The third-order valence-electron chi connectivity index (χ3n) is 15.2. The zero-order valence-corrected chi connectivity index (χ0v) is 40.8. The highest BCUT2D eigenvalue weighted by molar-refractivity contribution is 6.15. The summed E-state index contributed by atoms with van der Waals surface area (Å²) < 4.78 is 4.98. The van der Waals surface area contributed by atoms with Crippen LogP contribution in [0.25, 0.3) is 78.0 Å². The van der Waals surface area contributed by atoms with E-state index in [0.717, 1.165) is 81.9 Å². The molecule has 0 N–H and O–H groups in total. The van der Waals surface area contributed by atoms with Crippen molar-refractivity contribution in [2.45, 2.75) is 46.0 Å². The molecule has 1 aliphatic heterocycles. The van der Waals surface area contributed by atoms with Crippen LogP contribution in [0, 0.1) is 5.41 Å². The molecule has 13 rings (SSSR count). The summed E-state index contributed by atoms with van der Waals surface area (Å²) in [7, 11) is 0. The lowest BCUT2D eigenvalue weighted by Gasteiger charge is -2.34. The normalized spacial score (nSPS) is 16.9. The number of para-hydroxylation sites is 3. The fourth-order valence-corrected chi connectivity index (χ4v) is 11.7. The van der Waals surface area contributed by atoms with Crippen LogP contribution in [-0.4, -0.2) is 20.7 Å². The number of aromatic nitrogens is 2. The van der Waals surface area contributed by atoms with Crippen molar-refractivity contribution in [1.82, 2.24) is 9.13 Å². The molecule has 346 valence electrons. The first-order valence-electron chi connectivity index (χ1n) is 25.5. The predicted octanol–water partition coefficient (Wildman–Crippen LogP) is 17.4. The Bertz CT molecular complexity index is 3890. The van der Waals surface area contributed by atoms with E-state index in [4.69, 9.17) is 9.98 Å². The minimum absolute atomic E-state index is 0.488. The Balaban J connectivity index is 1.04. The van der Waals surface area contributed by atoms with Crippen molar-refractivity contribution in [3.05, 3.63) is 264 Å². The van der Waals surface area contributed by atoms with E-state index in [1.807, 2.05) is 0 Å². The lowest BCUT2D eigenvalue weighted by atomic mass is 9.74. The third-order valence-corrected chi connectivity index (χ3v) is 15.2. The summed E-state index contributed by atoms with van der Waals surface area (Å²) in [4.78, 5) is 11.6. The maximum atomic E-state index is 5.93. The molecule has 1 atom stereocenters. The molecule has 0 spiro atoms. The number of nitrogens with zero attached hydrogens (tertiary/aromatic N) is 4. The van der Waals surface area contributed by atoms with Crippen LogP contribution in [0.4, 0.5) is 0 Å². The van der Waals surface area contributed by atoms with E-state index in [9.17, 15) is 0 Å². The number of allylic oxidation sites excluding steroid dienone is 6. The van der Waals surface area contributed by atoms with Gasteiger partial charge in [-0.2, -0.15) is 0 Å². The number of hydrogen-bond acceptors (Lipinski definition) is 2. The van der Waals surface area contributed by atoms with Gasteiger partial charge in [-0.3, -0.25) is 0 Å². The van der Waals surface area contributed by atoms with Gasteiger partial charge in [0.25, 0.3) is 0 Å². The van der Waals surface area contributed by atoms with Crippen LogP contribution in [0.1, 0.15) is 67.5 Å².